The molecule has 0 aliphatic carbocycles. The summed E-state index contributed by atoms with van der Waals surface area (Å²) in [5.41, 5.74) is 0.857. The summed E-state index contributed by atoms with van der Waals surface area (Å²) in [5, 5.41) is 31.3. The molecule has 0 fully saturated rings. The van der Waals surface area contributed by atoms with Crippen LogP contribution in [0.1, 0.15) is 0 Å². The van der Waals surface area contributed by atoms with E-state index in [4.69, 9.17) is 10.4 Å². The van der Waals surface area contributed by atoms with Gasteiger partial charge in [-0.25, -0.2) is 9.94 Å². The van der Waals surface area contributed by atoms with Crippen LogP contribution in [0.15, 0.2) is 36.3 Å². The van der Waals surface area contributed by atoms with Crippen molar-refractivity contribution in [3.63, 3.8) is 0 Å². The van der Waals surface area contributed by atoms with Crippen molar-refractivity contribution in [1.82, 2.24) is 25.1 Å². The van der Waals surface area contributed by atoms with Crippen molar-refractivity contribution >= 4 is 17.5 Å². The van der Waals surface area contributed by atoms with E-state index in [0.717, 1.165) is 11.0 Å². The van der Waals surface area contributed by atoms with Gasteiger partial charge in [0.15, 0.2) is 5.75 Å². The predicted octanol–water partition coefficient (Wildman–Crippen LogP) is -0.829. The minimum absolute atomic E-state index is 0.0335. The Balaban J connectivity index is 1.88. The zero-order valence-electron chi connectivity index (χ0n) is 12.2. The molecule has 2 heterocycles. The lowest BCUT2D eigenvalue weighted by atomic mass is 10.2. The maximum absolute atomic E-state index is 12.1. The maximum atomic E-state index is 12.1. The van der Waals surface area contributed by atoms with Gasteiger partial charge in [-0.3, -0.25) is 14.5 Å². The molecule has 11 heteroatoms. The number of hydrogen-bond donors (Lipinski definition) is 3. The van der Waals surface area contributed by atoms with Crippen molar-refractivity contribution in [2.45, 2.75) is 0 Å². The number of hydrogen-bond acceptors (Lipinski definition) is 9. The van der Waals surface area contributed by atoms with Gasteiger partial charge in [-0.2, -0.15) is 0 Å². The quantitative estimate of drug-likeness (QED) is 0.351. The molecule has 3 N–H and O–H groups in total. The number of tetrazole rings is 1. The normalized spacial score (nSPS) is 14.1. The van der Waals surface area contributed by atoms with Crippen molar-refractivity contribution in [3.05, 3.63) is 36.3 Å². The molecule has 0 unspecified atom stereocenters. The standard InChI is InChI=1S/C13H12N6O5/c20-2-1-18-12(21)6-11(13(18)22)15-8-3-9(5-10(4-8)24-23)19-7-14-16-17-19/h3-7,15,20,23H,1-2H2. The number of carbonyl (C=O) groups excluding carboxylic acids is 2. The van der Waals surface area contributed by atoms with Gasteiger partial charge in [0.2, 0.25) is 0 Å². The summed E-state index contributed by atoms with van der Waals surface area (Å²) in [6.07, 6.45) is 2.47. The fourth-order valence-electron chi connectivity index (χ4n) is 2.19. The monoisotopic (exact) mass is 332 g/mol. The number of amides is 2. The lowest BCUT2D eigenvalue weighted by Gasteiger charge is -2.14. The Morgan fingerprint density at radius 2 is 2.08 bits per heavy atom. The van der Waals surface area contributed by atoms with Gasteiger partial charge >= 0.3 is 0 Å². The number of aliphatic hydroxyl groups is 1. The SMILES string of the molecule is O=C1C=C(Nc2cc(OO)cc(-n3cnnn3)c2)C(=O)N1CCO. The Labute approximate surface area is 134 Å². The summed E-state index contributed by atoms with van der Waals surface area (Å²) in [5.74, 6) is -1.00. The number of rotatable bonds is 6. The highest BCUT2D eigenvalue weighted by Crippen LogP contribution is 2.25. The van der Waals surface area contributed by atoms with E-state index >= 15 is 0 Å². The molecule has 1 aromatic carbocycles. The van der Waals surface area contributed by atoms with Crippen LogP contribution in [0.5, 0.6) is 5.75 Å². The van der Waals surface area contributed by atoms with Crippen LogP contribution in [-0.2, 0) is 9.59 Å². The van der Waals surface area contributed by atoms with Crippen molar-refractivity contribution in [2.24, 2.45) is 0 Å². The van der Waals surface area contributed by atoms with Crippen LogP contribution in [-0.4, -0.2) is 60.4 Å². The Kier molecular flexibility index (Phi) is 4.18. The van der Waals surface area contributed by atoms with E-state index in [9.17, 15) is 9.59 Å². The topological polar surface area (TPSA) is 143 Å². The van der Waals surface area contributed by atoms with E-state index in [0.29, 0.717) is 11.4 Å². The largest absolute Gasteiger partial charge is 0.395 e. The van der Waals surface area contributed by atoms with Crippen LogP contribution in [0.3, 0.4) is 0 Å². The average Bonchev–Trinajstić information content (AvgIpc) is 3.20. The van der Waals surface area contributed by atoms with Gasteiger partial charge in [0.05, 0.1) is 18.8 Å². The average molecular weight is 332 g/mol. The molecule has 1 aliphatic heterocycles. The van der Waals surface area contributed by atoms with Crippen molar-refractivity contribution < 1.29 is 24.8 Å². The number of aliphatic hydroxyl groups excluding tert-OH is 1. The third-order valence-electron chi connectivity index (χ3n) is 3.22. The molecule has 0 bridgehead atoms. The zero-order chi connectivity index (χ0) is 17.1. The molecular formula is C13H12N6O5. The molecule has 24 heavy (non-hydrogen) atoms. The molecule has 0 spiro atoms. The first-order chi connectivity index (χ1) is 11.6. The van der Waals surface area contributed by atoms with Crippen LogP contribution in [0.25, 0.3) is 5.69 Å². The van der Waals surface area contributed by atoms with E-state index in [1.54, 1.807) is 6.07 Å². The number of imide groups is 1. The molecule has 0 saturated heterocycles. The Morgan fingerprint density at radius 3 is 2.75 bits per heavy atom. The first-order valence-electron chi connectivity index (χ1n) is 6.77. The number of β-amino-alcohol motifs (C(OH)–C–C–N with tert-alkyl or cyclic N) is 1. The van der Waals surface area contributed by atoms with Crippen molar-refractivity contribution in [3.8, 4) is 11.4 Å². The number of nitrogens with one attached hydrogen (secondary N) is 1. The maximum Gasteiger partial charge on any atom is 0.277 e. The van der Waals surface area contributed by atoms with Crippen LogP contribution in [0.4, 0.5) is 5.69 Å². The third kappa shape index (κ3) is 2.93. The van der Waals surface area contributed by atoms with Gasteiger partial charge in [0.1, 0.15) is 12.0 Å². The van der Waals surface area contributed by atoms with Gasteiger partial charge in [-0.05, 0) is 16.5 Å². The number of benzene rings is 1. The highest BCUT2D eigenvalue weighted by molar-refractivity contribution is 6.17. The summed E-state index contributed by atoms with van der Waals surface area (Å²) < 4.78 is 1.32. The van der Waals surface area contributed by atoms with Gasteiger partial charge in [0, 0.05) is 23.9 Å². The van der Waals surface area contributed by atoms with Crippen LogP contribution in [0.2, 0.25) is 0 Å². The molecule has 3 rings (SSSR count). The fourth-order valence-corrected chi connectivity index (χ4v) is 2.19. The van der Waals surface area contributed by atoms with E-state index in [1.807, 2.05) is 0 Å². The molecule has 0 saturated carbocycles. The lowest BCUT2D eigenvalue weighted by Crippen LogP contribution is -2.34. The lowest BCUT2D eigenvalue weighted by molar-refractivity contribution is -0.137. The molecule has 1 aromatic heterocycles. The highest BCUT2D eigenvalue weighted by Gasteiger charge is 2.30. The van der Waals surface area contributed by atoms with Crippen molar-refractivity contribution in [1.29, 1.82) is 0 Å². The number of anilines is 1. The molecule has 2 amide bonds. The molecule has 1 aliphatic rings. The molecule has 0 atom stereocenters. The minimum Gasteiger partial charge on any atom is -0.395 e. The predicted molar refractivity (Wildman–Crippen MR) is 77.9 cm³/mol. The summed E-state index contributed by atoms with van der Waals surface area (Å²) in [6.45, 7) is -0.412. The van der Waals surface area contributed by atoms with Gasteiger partial charge in [0.25, 0.3) is 11.8 Å². The fraction of sp³-hybridized carbons (Fsp3) is 0.154. The van der Waals surface area contributed by atoms with E-state index in [1.165, 1.54) is 23.1 Å². The van der Waals surface area contributed by atoms with E-state index in [-0.39, 0.29) is 24.6 Å². The van der Waals surface area contributed by atoms with E-state index in [2.05, 4.69) is 25.7 Å². The smallest absolute Gasteiger partial charge is 0.277 e. The number of aromatic nitrogens is 4. The molecule has 2 aromatic rings. The minimum atomic E-state index is -0.562. The first kappa shape index (κ1) is 15.6. The second-order valence-electron chi connectivity index (χ2n) is 4.76. The first-order valence-corrected chi connectivity index (χ1v) is 6.77. The molecule has 11 nitrogen and oxygen atoms in total. The zero-order valence-corrected chi connectivity index (χ0v) is 12.2. The van der Waals surface area contributed by atoms with Gasteiger partial charge in [-0.1, -0.05) is 0 Å². The third-order valence-corrected chi connectivity index (χ3v) is 3.22. The summed E-state index contributed by atoms with van der Waals surface area (Å²) >= 11 is 0. The van der Waals surface area contributed by atoms with Gasteiger partial charge < -0.3 is 15.3 Å². The highest BCUT2D eigenvalue weighted by atomic mass is 17.1. The van der Waals surface area contributed by atoms with Crippen LogP contribution < -0.4 is 10.2 Å². The number of nitrogens with zero attached hydrogens (tertiary/aromatic N) is 5. The Bertz CT molecular complexity index is 803. The second kappa shape index (κ2) is 6.44. The molecule has 124 valence electrons. The summed E-state index contributed by atoms with van der Waals surface area (Å²) in [7, 11) is 0. The molecular weight excluding hydrogens is 320 g/mol. The Hall–Kier alpha value is -3.31. The van der Waals surface area contributed by atoms with E-state index < -0.39 is 11.8 Å². The number of carbonyl (C=O) groups is 2. The van der Waals surface area contributed by atoms with Gasteiger partial charge in [-0.15, -0.1) is 5.10 Å². The summed E-state index contributed by atoms with van der Waals surface area (Å²) in [4.78, 5) is 29.0. The second-order valence-corrected chi connectivity index (χ2v) is 4.76. The van der Waals surface area contributed by atoms with Crippen LogP contribution >= 0.6 is 0 Å². The van der Waals surface area contributed by atoms with Crippen LogP contribution in [0, 0.1) is 0 Å². The Morgan fingerprint density at radius 1 is 1.25 bits per heavy atom. The molecule has 0 radical (unpaired) electrons. The van der Waals surface area contributed by atoms with Crippen molar-refractivity contribution in [2.75, 3.05) is 18.5 Å². The summed E-state index contributed by atoms with van der Waals surface area (Å²) in [6, 6.07) is 4.48.